The van der Waals surface area contributed by atoms with E-state index in [4.69, 9.17) is 4.42 Å². The van der Waals surface area contributed by atoms with Gasteiger partial charge < -0.3 is 4.42 Å². The average Bonchev–Trinajstić information content (AvgIpc) is 3.33. The molecule has 25 heavy (non-hydrogen) atoms. The minimum atomic E-state index is -3.49. The number of benzene rings is 1. The molecule has 1 aromatic carbocycles. The Bertz CT molecular complexity index is 958. The van der Waals surface area contributed by atoms with E-state index >= 15 is 0 Å². The summed E-state index contributed by atoms with van der Waals surface area (Å²) < 4.78 is 32.6. The topological polar surface area (TPSA) is 89.2 Å². The van der Waals surface area contributed by atoms with Gasteiger partial charge in [-0.25, -0.2) is 8.42 Å². The monoisotopic (exact) mass is 356 g/mol. The van der Waals surface area contributed by atoms with Gasteiger partial charge in [0.2, 0.25) is 21.8 Å². The molecule has 0 aliphatic carbocycles. The minimum absolute atomic E-state index is 0.101. The lowest BCUT2D eigenvalue weighted by molar-refractivity contribution is 0.440. The lowest BCUT2D eigenvalue weighted by atomic mass is 10.1. The normalized spacial score (nSPS) is 18.5. The summed E-state index contributed by atoms with van der Waals surface area (Å²) in [5.41, 5.74) is 0.744. The van der Waals surface area contributed by atoms with Crippen LogP contribution in [0.3, 0.4) is 0 Å². The fourth-order valence-electron chi connectivity index (χ4n) is 2.90. The zero-order valence-electron chi connectivity index (χ0n) is 13.3. The van der Waals surface area contributed by atoms with Gasteiger partial charge >= 0.3 is 0 Å². The van der Waals surface area contributed by atoms with Crippen LogP contribution in [0.25, 0.3) is 11.5 Å². The van der Waals surface area contributed by atoms with Gasteiger partial charge in [0, 0.05) is 25.5 Å². The van der Waals surface area contributed by atoms with Crippen molar-refractivity contribution in [1.29, 1.82) is 0 Å². The molecule has 4 rings (SSSR count). The van der Waals surface area contributed by atoms with Crippen molar-refractivity contribution >= 4 is 10.0 Å². The van der Waals surface area contributed by atoms with Crippen LogP contribution in [0.5, 0.6) is 0 Å². The van der Waals surface area contributed by atoms with Crippen LogP contribution in [-0.2, 0) is 10.0 Å². The molecule has 3 aromatic rings. The summed E-state index contributed by atoms with van der Waals surface area (Å²) in [6.45, 7) is 0.776. The van der Waals surface area contributed by atoms with Gasteiger partial charge in [0.25, 0.3) is 0 Å². The van der Waals surface area contributed by atoms with E-state index < -0.39 is 10.0 Å². The zero-order chi connectivity index (χ0) is 17.3. The van der Waals surface area contributed by atoms with Gasteiger partial charge in [0.05, 0.1) is 16.4 Å². The van der Waals surface area contributed by atoms with Gasteiger partial charge in [-0.2, -0.15) is 4.31 Å². The Labute approximate surface area is 145 Å². The summed E-state index contributed by atoms with van der Waals surface area (Å²) in [5.74, 6) is 0.758. The van der Waals surface area contributed by atoms with E-state index in [2.05, 4.69) is 15.2 Å². The number of aromatic nitrogens is 3. The van der Waals surface area contributed by atoms with Crippen molar-refractivity contribution in [2.45, 2.75) is 17.2 Å². The molecule has 1 atom stereocenters. The lowest BCUT2D eigenvalue weighted by Gasteiger charge is -2.15. The molecule has 0 radical (unpaired) electrons. The first-order valence-corrected chi connectivity index (χ1v) is 9.37. The molecule has 3 heterocycles. The summed E-state index contributed by atoms with van der Waals surface area (Å²) in [4.78, 5) is 4.33. The molecule has 2 aromatic heterocycles. The second-order valence-electron chi connectivity index (χ2n) is 5.85. The van der Waals surface area contributed by atoms with Gasteiger partial charge in [-0.15, -0.1) is 10.2 Å². The van der Waals surface area contributed by atoms with Crippen molar-refractivity contribution in [1.82, 2.24) is 19.5 Å². The van der Waals surface area contributed by atoms with Crippen molar-refractivity contribution < 1.29 is 12.8 Å². The van der Waals surface area contributed by atoms with Crippen LogP contribution in [0, 0.1) is 0 Å². The first-order valence-electron chi connectivity index (χ1n) is 7.93. The van der Waals surface area contributed by atoms with Crippen LogP contribution in [0.2, 0.25) is 0 Å². The zero-order valence-corrected chi connectivity index (χ0v) is 14.1. The summed E-state index contributed by atoms with van der Waals surface area (Å²) in [6.07, 6.45) is 3.98. The van der Waals surface area contributed by atoms with Gasteiger partial charge in [0.1, 0.15) is 0 Å². The third kappa shape index (κ3) is 3.06. The van der Waals surface area contributed by atoms with E-state index in [9.17, 15) is 8.42 Å². The van der Waals surface area contributed by atoms with E-state index in [1.54, 1.807) is 48.8 Å². The third-order valence-corrected chi connectivity index (χ3v) is 6.11. The Morgan fingerprint density at radius 1 is 1.08 bits per heavy atom. The molecular formula is C17H16N4O3S. The Kier molecular flexibility index (Phi) is 4.06. The molecule has 1 saturated heterocycles. The fourth-order valence-corrected chi connectivity index (χ4v) is 4.42. The molecule has 1 aliphatic rings. The van der Waals surface area contributed by atoms with Crippen molar-refractivity contribution in [3.05, 3.63) is 60.7 Å². The Balaban J connectivity index is 1.53. The highest BCUT2D eigenvalue weighted by molar-refractivity contribution is 7.89. The SMILES string of the molecule is O=S(=O)(c1ccccc1)N1CC[C@H](c2nnc(-c3cccnc3)o2)C1. The van der Waals surface area contributed by atoms with E-state index in [0.717, 1.165) is 5.56 Å². The standard InChI is InChI=1S/C17H16N4O3S/c22-25(23,15-6-2-1-3-7-15)21-10-8-14(12-21)17-20-19-16(24-17)13-5-4-9-18-11-13/h1-7,9,11,14H,8,10,12H2/t14-/m0/s1. The minimum Gasteiger partial charge on any atom is -0.420 e. The predicted molar refractivity (Wildman–Crippen MR) is 90.1 cm³/mol. The molecule has 7 nitrogen and oxygen atoms in total. The first-order chi connectivity index (χ1) is 12.1. The van der Waals surface area contributed by atoms with Crippen LogP contribution >= 0.6 is 0 Å². The largest absolute Gasteiger partial charge is 0.420 e. The molecular weight excluding hydrogens is 340 g/mol. The summed E-state index contributed by atoms with van der Waals surface area (Å²) >= 11 is 0. The molecule has 0 amide bonds. The maximum absolute atomic E-state index is 12.7. The average molecular weight is 356 g/mol. The van der Waals surface area contributed by atoms with Crippen LogP contribution in [0.15, 0.2) is 64.2 Å². The molecule has 8 heteroatoms. The maximum Gasteiger partial charge on any atom is 0.249 e. The Hall–Kier alpha value is -2.58. The maximum atomic E-state index is 12.7. The number of hydrogen-bond donors (Lipinski definition) is 0. The van der Waals surface area contributed by atoms with Gasteiger partial charge in [-0.1, -0.05) is 18.2 Å². The smallest absolute Gasteiger partial charge is 0.249 e. The quantitative estimate of drug-likeness (QED) is 0.713. The van der Waals surface area contributed by atoms with Gasteiger partial charge in [-0.05, 0) is 30.7 Å². The second kappa shape index (κ2) is 6.38. The lowest BCUT2D eigenvalue weighted by Crippen LogP contribution is -2.28. The molecule has 0 spiro atoms. The predicted octanol–water partition coefficient (Wildman–Crippen LogP) is 2.31. The third-order valence-electron chi connectivity index (χ3n) is 4.23. The van der Waals surface area contributed by atoms with Crippen LogP contribution in [-0.4, -0.2) is 41.0 Å². The molecule has 0 saturated carbocycles. The van der Waals surface area contributed by atoms with Crippen LogP contribution < -0.4 is 0 Å². The van der Waals surface area contributed by atoms with Gasteiger partial charge in [-0.3, -0.25) is 4.98 Å². The highest BCUT2D eigenvalue weighted by Crippen LogP contribution is 2.31. The highest BCUT2D eigenvalue weighted by atomic mass is 32.2. The second-order valence-corrected chi connectivity index (χ2v) is 7.79. The molecule has 0 unspecified atom stereocenters. The highest BCUT2D eigenvalue weighted by Gasteiger charge is 2.35. The molecule has 128 valence electrons. The van der Waals surface area contributed by atoms with Crippen molar-refractivity contribution in [2.24, 2.45) is 0 Å². The summed E-state index contributed by atoms with van der Waals surface area (Å²) in [7, 11) is -3.49. The number of pyridine rings is 1. The van der Waals surface area contributed by atoms with Crippen molar-refractivity contribution in [2.75, 3.05) is 13.1 Å². The number of rotatable bonds is 4. The number of hydrogen-bond acceptors (Lipinski definition) is 6. The summed E-state index contributed by atoms with van der Waals surface area (Å²) in [5, 5.41) is 8.15. The Morgan fingerprint density at radius 3 is 2.68 bits per heavy atom. The summed E-state index contributed by atoms with van der Waals surface area (Å²) in [6, 6.07) is 12.1. The van der Waals surface area contributed by atoms with Gasteiger partial charge in [0.15, 0.2) is 0 Å². The van der Waals surface area contributed by atoms with Crippen LogP contribution in [0.4, 0.5) is 0 Å². The number of nitrogens with zero attached hydrogens (tertiary/aromatic N) is 4. The Morgan fingerprint density at radius 2 is 1.92 bits per heavy atom. The van der Waals surface area contributed by atoms with Crippen molar-refractivity contribution in [3.8, 4) is 11.5 Å². The van der Waals surface area contributed by atoms with E-state index in [1.807, 2.05) is 6.07 Å². The molecule has 0 bridgehead atoms. The van der Waals surface area contributed by atoms with E-state index in [1.165, 1.54) is 4.31 Å². The molecule has 1 fully saturated rings. The molecule has 1 aliphatic heterocycles. The number of sulfonamides is 1. The molecule has 0 N–H and O–H groups in total. The van der Waals surface area contributed by atoms with Crippen LogP contribution in [0.1, 0.15) is 18.2 Å². The van der Waals surface area contributed by atoms with E-state index in [0.29, 0.717) is 36.2 Å². The van der Waals surface area contributed by atoms with Crippen molar-refractivity contribution in [3.63, 3.8) is 0 Å². The first kappa shape index (κ1) is 15.9. The fraction of sp³-hybridized carbons (Fsp3) is 0.235. The van der Waals surface area contributed by atoms with E-state index in [-0.39, 0.29) is 5.92 Å².